The molecule has 80 valence electrons. The van der Waals surface area contributed by atoms with Crippen LogP contribution in [-0.2, 0) is 35.8 Å². The van der Waals surface area contributed by atoms with Gasteiger partial charge in [-0.3, -0.25) is 0 Å². The second-order valence-corrected chi connectivity index (χ2v) is 2.17. The Kier molecular flexibility index (Phi) is 20.4. The van der Waals surface area contributed by atoms with E-state index in [1.54, 1.807) is 0 Å². The van der Waals surface area contributed by atoms with E-state index in [1.807, 2.05) is 0 Å². The number of hydrogen-bond donors (Lipinski definition) is 2. The summed E-state index contributed by atoms with van der Waals surface area (Å²) in [6.45, 7) is 9.20. The van der Waals surface area contributed by atoms with E-state index < -0.39 is 11.9 Å². The zero-order valence-corrected chi connectivity index (χ0v) is 10.6. The molecule has 0 rings (SSSR count). The van der Waals surface area contributed by atoms with Crippen LogP contribution in [0.2, 0.25) is 0 Å². The Morgan fingerprint density at radius 2 is 1.00 bits per heavy atom. The van der Waals surface area contributed by atoms with Gasteiger partial charge in [0.2, 0.25) is 0 Å². The molecule has 6 heteroatoms. The van der Waals surface area contributed by atoms with Gasteiger partial charge < -0.3 is 15.7 Å². The Hall–Kier alpha value is -0.737. The Balaban J connectivity index is -0.0000000625. The molecule has 0 aromatic heterocycles. The van der Waals surface area contributed by atoms with E-state index in [2.05, 4.69) is 13.2 Å². The van der Waals surface area contributed by atoms with Crippen molar-refractivity contribution in [1.82, 2.24) is 0 Å². The molecule has 0 saturated heterocycles. The fourth-order valence-electron chi connectivity index (χ4n) is 0. The van der Waals surface area contributed by atoms with Gasteiger partial charge in [-0.2, -0.15) is 0 Å². The first-order chi connectivity index (χ1) is 5.29. The fourth-order valence-corrected chi connectivity index (χ4v) is 0. The first kappa shape index (κ1) is 23.2. The predicted octanol–water partition coefficient (Wildman–Crippen LogP) is 0.467. The van der Waals surface area contributed by atoms with Crippen LogP contribution >= 0.6 is 0 Å². The zero-order chi connectivity index (χ0) is 10.3. The van der Waals surface area contributed by atoms with E-state index in [4.69, 9.17) is 10.2 Å². The largest absolute Gasteiger partial charge is 0.478 e. The Labute approximate surface area is 102 Å². The Morgan fingerprint density at radius 1 is 0.929 bits per heavy atom. The van der Waals surface area contributed by atoms with E-state index in [9.17, 15) is 9.59 Å². The quantitative estimate of drug-likeness (QED) is 0.717. The Morgan fingerprint density at radius 3 is 1.00 bits per heavy atom. The molecule has 0 unspecified atom stereocenters. The minimum atomic E-state index is -0.935. The van der Waals surface area contributed by atoms with Crippen LogP contribution in [0.3, 0.4) is 0 Å². The molecule has 0 heterocycles. The smallest absolute Gasteiger partial charge is 0.330 e. The van der Waals surface area contributed by atoms with E-state index >= 15 is 0 Å². The molecule has 5 nitrogen and oxygen atoms in total. The van der Waals surface area contributed by atoms with Crippen LogP contribution in [0.4, 0.5) is 0 Å². The van der Waals surface area contributed by atoms with Gasteiger partial charge in [0.15, 0.2) is 0 Å². The van der Waals surface area contributed by atoms with Crippen molar-refractivity contribution >= 4 is 11.9 Å². The third-order valence-electron chi connectivity index (χ3n) is 0.730. The molecular weight excluding hydrogens is 267 g/mol. The van der Waals surface area contributed by atoms with E-state index in [-0.39, 0.29) is 42.8 Å². The fraction of sp³-hybridized carbons (Fsp3) is 0.250. The van der Waals surface area contributed by atoms with Gasteiger partial charge in [0.05, 0.1) is 0 Å². The number of carboxylic acids is 2. The summed E-state index contributed by atoms with van der Waals surface area (Å²) in [6, 6.07) is 0. The molecule has 0 spiro atoms. The van der Waals surface area contributed by atoms with Crippen molar-refractivity contribution in [2.75, 3.05) is 0 Å². The maximum absolute atomic E-state index is 9.60. The van der Waals surface area contributed by atoms with Crippen LogP contribution in [0.25, 0.3) is 0 Å². The van der Waals surface area contributed by atoms with Crippen LogP contribution in [0.15, 0.2) is 24.3 Å². The summed E-state index contributed by atoms with van der Waals surface area (Å²) in [6.07, 6.45) is 0. The third-order valence-corrected chi connectivity index (χ3v) is 0.730. The van der Waals surface area contributed by atoms with E-state index in [0.717, 1.165) is 0 Å². The number of rotatable bonds is 2. The van der Waals surface area contributed by atoms with Gasteiger partial charge >= 0.3 is 11.9 Å². The van der Waals surface area contributed by atoms with Crippen molar-refractivity contribution in [2.45, 2.75) is 13.8 Å². The molecule has 4 N–H and O–H groups in total. The molecule has 0 amide bonds. The summed E-state index contributed by atoms with van der Waals surface area (Å²) in [5.74, 6) is -1.87. The molecule has 0 aliphatic heterocycles. The Bertz CT molecular complexity index is 174. The minimum Gasteiger partial charge on any atom is -0.478 e. The summed E-state index contributed by atoms with van der Waals surface area (Å²) in [7, 11) is 0. The van der Waals surface area contributed by atoms with Crippen LogP contribution in [-0.4, -0.2) is 27.6 Å². The second-order valence-electron chi connectivity index (χ2n) is 2.17. The summed E-state index contributed by atoms with van der Waals surface area (Å²) in [4.78, 5) is 19.2. The van der Waals surface area contributed by atoms with Crippen molar-refractivity contribution in [3.63, 3.8) is 0 Å². The topological polar surface area (TPSA) is 106 Å². The molecule has 0 aromatic carbocycles. The number of hydrogen-bond acceptors (Lipinski definition) is 2. The number of aliphatic carboxylic acids is 2. The number of carbonyl (C=O) groups is 2. The van der Waals surface area contributed by atoms with Crippen molar-refractivity contribution in [1.29, 1.82) is 0 Å². The first-order valence-electron chi connectivity index (χ1n) is 3.06. The molecule has 0 aromatic rings. The maximum Gasteiger partial charge on any atom is 0.330 e. The average Bonchev–Trinajstić information content (AvgIpc) is 1.88. The predicted molar refractivity (Wildman–Crippen MR) is 48.5 cm³/mol. The van der Waals surface area contributed by atoms with Crippen LogP contribution in [0, 0.1) is 0 Å². The summed E-state index contributed by atoms with van der Waals surface area (Å²) >= 11 is 0. The average molecular weight is 281 g/mol. The normalized spacial score (nSPS) is 6.43. The van der Waals surface area contributed by atoms with Gasteiger partial charge in [0.25, 0.3) is 0 Å². The first-order valence-corrected chi connectivity index (χ1v) is 3.06. The molecule has 0 saturated carbocycles. The van der Waals surface area contributed by atoms with Crippen molar-refractivity contribution in [3.8, 4) is 0 Å². The summed E-state index contributed by atoms with van der Waals surface area (Å²) < 4.78 is 0. The standard InChI is InChI=1S/2C4H6O2.H2O.Zr/c2*1-3(2)4(5)6;;/h2*1H2,2H3,(H,5,6);1H2;. The van der Waals surface area contributed by atoms with Crippen molar-refractivity contribution in [2.24, 2.45) is 0 Å². The minimum absolute atomic E-state index is 0. The number of carboxylic acid groups (broad SMARTS) is 2. The van der Waals surface area contributed by atoms with Crippen LogP contribution in [0.5, 0.6) is 0 Å². The molecule has 0 aliphatic carbocycles. The van der Waals surface area contributed by atoms with Gasteiger partial charge in [-0.1, -0.05) is 13.2 Å². The summed E-state index contributed by atoms with van der Waals surface area (Å²) in [5, 5.41) is 15.8. The molecule has 14 heavy (non-hydrogen) atoms. The zero-order valence-electron chi connectivity index (χ0n) is 8.13. The molecule has 0 fully saturated rings. The molecule has 0 atom stereocenters. The van der Waals surface area contributed by atoms with Crippen LogP contribution in [0.1, 0.15) is 13.8 Å². The molecular formula is C8H14O5Zr. The van der Waals surface area contributed by atoms with Crippen LogP contribution < -0.4 is 0 Å². The summed E-state index contributed by atoms with van der Waals surface area (Å²) in [5.41, 5.74) is 0.352. The third kappa shape index (κ3) is 22.5. The van der Waals surface area contributed by atoms with E-state index in [1.165, 1.54) is 13.8 Å². The van der Waals surface area contributed by atoms with Crippen molar-refractivity contribution < 1.29 is 51.5 Å². The van der Waals surface area contributed by atoms with Gasteiger partial charge in [-0.05, 0) is 13.8 Å². The van der Waals surface area contributed by atoms with Gasteiger partial charge in [0.1, 0.15) is 0 Å². The second kappa shape index (κ2) is 12.3. The van der Waals surface area contributed by atoms with Gasteiger partial charge in [-0.25, -0.2) is 9.59 Å². The molecule has 0 bridgehead atoms. The van der Waals surface area contributed by atoms with E-state index in [0.29, 0.717) is 0 Å². The van der Waals surface area contributed by atoms with Gasteiger partial charge in [0, 0.05) is 37.3 Å². The molecule has 0 radical (unpaired) electrons. The molecule has 0 aliphatic rings. The van der Waals surface area contributed by atoms with Crippen molar-refractivity contribution in [3.05, 3.63) is 24.3 Å². The SMILES string of the molecule is C=C(C)C(=O)O.C=C(C)C(=O)O.O.[Zr]. The van der Waals surface area contributed by atoms with Gasteiger partial charge in [-0.15, -0.1) is 0 Å². The maximum atomic E-state index is 9.60. The monoisotopic (exact) mass is 280 g/mol.